The summed E-state index contributed by atoms with van der Waals surface area (Å²) < 4.78 is 34.0. The van der Waals surface area contributed by atoms with Gasteiger partial charge in [-0.15, -0.1) is 0 Å². The third kappa shape index (κ3) is 5.51. The van der Waals surface area contributed by atoms with Gasteiger partial charge in [0.25, 0.3) is 0 Å². The Morgan fingerprint density at radius 3 is 2.32 bits per heavy atom. The van der Waals surface area contributed by atoms with Crippen molar-refractivity contribution in [2.75, 3.05) is 44.2 Å². The molecule has 5 rings (SSSR count). The lowest BCUT2D eigenvalue weighted by Crippen LogP contribution is -2.52. The van der Waals surface area contributed by atoms with E-state index < -0.39 is 10.0 Å². The topological polar surface area (TPSA) is 99.8 Å². The van der Waals surface area contributed by atoms with Crippen LogP contribution in [0.2, 0.25) is 0 Å². The smallest absolute Gasteiger partial charge is 0.248 e. The molecular formula is C28H33N5O4S. The monoisotopic (exact) mass is 535 g/mol. The Hall–Kier alpha value is -3.50. The van der Waals surface area contributed by atoms with E-state index in [1.165, 1.54) is 4.31 Å². The molecule has 10 heteroatoms. The van der Waals surface area contributed by atoms with E-state index >= 15 is 0 Å². The van der Waals surface area contributed by atoms with Gasteiger partial charge in [0, 0.05) is 51.4 Å². The van der Waals surface area contributed by atoms with Crippen molar-refractivity contribution < 1.29 is 17.7 Å². The van der Waals surface area contributed by atoms with E-state index in [4.69, 9.17) is 4.52 Å². The fourth-order valence-electron chi connectivity index (χ4n) is 5.08. The first-order valence-electron chi connectivity index (χ1n) is 13.0. The summed E-state index contributed by atoms with van der Waals surface area (Å²) in [5, 5.41) is 3.94. The van der Waals surface area contributed by atoms with Crippen LogP contribution >= 0.6 is 0 Å². The molecule has 200 valence electrons. The first-order valence-corrected chi connectivity index (χ1v) is 14.4. The zero-order valence-corrected chi connectivity index (χ0v) is 22.6. The van der Waals surface area contributed by atoms with Crippen LogP contribution < -0.4 is 4.90 Å². The zero-order valence-electron chi connectivity index (χ0n) is 21.8. The number of pyridine rings is 1. The van der Waals surface area contributed by atoms with Gasteiger partial charge in [-0.05, 0) is 50.5 Å². The van der Waals surface area contributed by atoms with Crippen LogP contribution in [0.25, 0.3) is 12.2 Å². The first kappa shape index (κ1) is 26.1. The van der Waals surface area contributed by atoms with Crippen molar-refractivity contribution in [2.45, 2.75) is 31.6 Å². The number of nitrogens with zero attached hydrogens (tertiary/aromatic N) is 5. The summed E-state index contributed by atoms with van der Waals surface area (Å²) in [6.45, 7) is 6.99. The summed E-state index contributed by atoms with van der Waals surface area (Å²) in [6.07, 6.45) is 6.24. The number of carbonyl (C=O) groups excluding carboxylic acids is 1. The summed E-state index contributed by atoms with van der Waals surface area (Å²) in [6, 6.07) is 13.8. The van der Waals surface area contributed by atoms with Crippen molar-refractivity contribution in [1.29, 1.82) is 0 Å². The summed E-state index contributed by atoms with van der Waals surface area (Å²) in [5.41, 5.74) is 2.42. The highest BCUT2D eigenvalue weighted by Crippen LogP contribution is 2.30. The minimum Gasteiger partial charge on any atom is -0.355 e. The van der Waals surface area contributed by atoms with E-state index in [-0.39, 0.29) is 22.5 Å². The largest absolute Gasteiger partial charge is 0.355 e. The van der Waals surface area contributed by atoms with Gasteiger partial charge in [0.2, 0.25) is 15.9 Å². The molecule has 4 heterocycles. The van der Waals surface area contributed by atoms with E-state index in [1.54, 1.807) is 19.2 Å². The number of anilines is 1. The lowest BCUT2D eigenvalue weighted by Gasteiger charge is -2.38. The molecule has 0 unspecified atom stereocenters. The van der Waals surface area contributed by atoms with E-state index in [0.717, 1.165) is 30.0 Å². The number of amides is 1. The van der Waals surface area contributed by atoms with Crippen LogP contribution in [-0.4, -0.2) is 72.9 Å². The number of hydrogen-bond donors (Lipinski definition) is 0. The molecule has 2 aliphatic heterocycles. The van der Waals surface area contributed by atoms with E-state index in [9.17, 15) is 13.2 Å². The third-order valence-corrected chi connectivity index (χ3v) is 9.36. The molecule has 2 saturated heterocycles. The average molecular weight is 536 g/mol. The number of aromatic nitrogens is 2. The number of sulfonamides is 1. The molecule has 0 saturated carbocycles. The van der Waals surface area contributed by atoms with Crippen LogP contribution in [0.1, 0.15) is 35.4 Å². The van der Waals surface area contributed by atoms with Crippen molar-refractivity contribution in [3.8, 4) is 0 Å². The minimum absolute atomic E-state index is 0.0938. The molecule has 1 amide bonds. The number of aryl methyl sites for hydroxylation is 2. The minimum atomic E-state index is -3.82. The van der Waals surface area contributed by atoms with Crippen LogP contribution in [0.4, 0.5) is 5.82 Å². The van der Waals surface area contributed by atoms with E-state index in [0.29, 0.717) is 44.7 Å². The molecule has 9 nitrogen and oxygen atoms in total. The molecule has 0 aliphatic carbocycles. The lowest BCUT2D eigenvalue weighted by molar-refractivity contribution is -0.137. The van der Waals surface area contributed by atoms with E-state index in [2.05, 4.69) is 15.0 Å². The summed E-state index contributed by atoms with van der Waals surface area (Å²) in [4.78, 5) is 21.8. The molecule has 0 atom stereocenters. The molecule has 0 radical (unpaired) electrons. The maximum atomic E-state index is 13.6. The van der Waals surface area contributed by atoms with Gasteiger partial charge in [0.1, 0.15) is 11.5 Å². The Labute approximate surface area is 223 Å². The Kier molecular flexibility index (Phi) is 7.62. The highest BCUT2D eigenvalue weighted by molar-refractivity contribution is 7.89. The quantitative estimate of drug-likeness (QED) is 0.475. The maximum absolute atomic E-state index is 13.6. The van der Waals surface area contributed by atoms with Crippen molar-refractivity contribution in [3.05, 3.63) is 71.2 Å². The van der Waals surface area contributed by atoms with Crippen LogP contribution in [-0.2, 0) is 14.8 Å². The Bertz CT molecular complexity index is 1390. The van der Waals surface area contributed by atoms with Gasteiger partial charge < -0.3 is 14.3 Å². The Balaban J connectivity index is 1.20. The zero-order chi connectivity index (χ0) is 26.7. The average Bonchev–Trinajstić information content (AvgIpc) is 3.34. The number of piperidine rings is 1. The molecule has 2 aromatic heterocycles. The second kappa shape index (κ2) is 11.1. The van der Waals surface area contributed by atoms with Crippen molar-refractivity contribution in [3.63, 3.8) is 0 Å². The number of piperazine rings is 1. The molecule has 0 N–H and O–H groups in total. The van der Waals surface area contributed by atoms with Crippen LogP contribution in [0.5, 0.6) is 0 Å². The van der Waals surface area contributed by atoms with E-state index in [1.807, 2.05) is 60.4 Å². The molecule has 38 heavy (non-hydrogen) atoms. The summed E-state index contributed by atoms with van der Waals surface area (Å²) in [7, 11) is -3.82. The number of carbonyl (C=O) groups is 1. The maximum Gasteiger partial charge on any atom is 0.248 e. The van der Waals surface area contributed by atoms with Gasteiger partial charge in [-0.1, -0.05) is 47.1 Å². The SMILES string of the molecule is Cc1ccc(C=Cc2onc(C)c2S(=O)(=O)N2CCC(C(=O)N3CCN(c4ccccn4)CC3)CC2)cc1. The van der Waals surface area contributed by atoms with Crippen molar-refractivity contribution in [2.24, 2.45) is 5.92 Å². The normalized spacial score (nSPS) is 17.8. The summed E-state index contributed by atoms with van der Waals surface area (Å²) in [5.74, 6) is 1.08. The van der Waals surface area contributed by atoms with Gasteiger partial charge in [-0.3, -0.25) is 4.79 Å². The van der Waals surface area contributed by atoms with Gasteiger partial charge in [-0.25, -0.2) is 13.4 Å². The van der Waals surface area contributed by atoms with Crippen LogP contribution in [0, 0.1) is 19.8 Å². The molecule has 0 bridgehead atoms. The fourth-order valence-corrected chi connectivity index (χ4v) is 6.80. The molecule has 0 spiro atoms. The third-order valence-electron chi connectivity index (χ3n) is 7.30. The number of hydrogen-bond acceptors (Lipinski definition) is 7. The Morgan fingerprint density at radius 2 is 1.66 bits per heavy atom. The van der Waals surface area contributed by atoms with Gasteiger partial charge in [-0.2, -0.15) is 4.31 Å². The Morgan fingerprint density at radius 1 is 0.947 bits per heavy atom. The van der Waals surface area contributed by atoms with Crippen molar-refractivity contribution >= 4 is 33.9 Å². The van der Waals surface area contributed by atoms with Crippen LogP contribution in [0.15, 0.2) is 58.1 Å². The second-order valence-corrected chi connectivity index (χ2v) is 11.8. The predicted octanol–water partition coefficient (Wildman–Crippen LogP) is 3.61. The van der Waals surface area contributed by atoms with Crippen molar-refractivity contribution in [1.82, 2.24) is 19.3 Å². The molecule has 2 fully saturated rings. The highest BCUT2D eigenvalue weighted by atomic mass is 32.2. The van der Waals surface area contributed by atoms with Gasteiger partial charge in [0.15, 0.2) is 10.7 Å². The predicted molar refractivity (Wildman–Crippen MR) is 146 cm³/mol. The standard InChI is InChI=1S/C28H33N5O4S/c1-21-6-8-23(9-7-21)10-11-25-27(22(2)30-37-25)38(35,36)33-15-12-24(13-16-33)28(34)32-19-17-31(18-20-32)26-5-3-4-14-29-26/h3-11,14,24H,12-13,15-20H2,1-2H3. The summed E-state index contributed by atoms with van der Waals surface area (Å²) >= 11 is 0. The molecular weight excluding hydrogens is 502 g/mol. The first-order chi connectivity index (χ1) is 18.3. The second-order valence-electron chi connectivity index (χ2n) is 9.88. The van der Waals surface area contributed by atoms with Gasteiger partial charge >= 0.3 is 0 Å². The number of benzene rings is 1. The molecule has 2 aliphatic rings. The molecule has 1 aromatic carbocycles. The number of rotatable bonds is 6. The fraction of sp³-hybridized carbons (Fsp3) is 0.393. The molecule has 3 aromatic rings. The van der Waals surface area contributed by atoms with Gasteiger partial charge in [0.05, 0.1) is 0 Å². The van der Waals surface area contributed by atoms with Crippen LogP contribution in [0.3, 0.4) is 0 Å². The lowest BCUT2D eigenvalue weighted by atomic mass is 9.96. The highest BCUT2D eigenvalue weighted by Gasteiger charge is 2.37.